The summed E-state index contributed by atoms with van der Waals surface area (Å²) in [6, 6.07) is 18.4. The standard InChI is InChI=1S/C19H18N2O2/c1-2-20-14-8-10-15(11-9-14)21-19(23)17-12-7-13-5-3-4-6-16(13)18(17)22/h3-12,20,22H,2H2,1H3,(H,21,23). The van der Waals surface area contributed by atoms with Gasteiger partial charge < -0.3 is 15.7 Å². The van der Waals surface area contributed by atoms with Crippen molar-refractivity contribution in [2.24, 2.45) is 0 Å². The number of hydrogen-bond acceptors (Lipinski definition) is 3. The van der Waals surface area contributed by atoms with Crippen molar-refractivity contribution in [1.29, 1.82) is 0 Å². The van der Waals surface area contributed by atoms with Gasteiger partial charge in [0.1, 0.15) is 5.75 Å². The van der Waals surface area contributed by atoms with Gasteiger partial charge in [-0.1, -0.05) is 30.3 Å². The molecule has 0 bridgehead atoms. The molecule has 0 unspecified atom stereocenters. The molecule has 0 aliphatic carbocycles. The number of rotatable bonds is 4. The fourth-order valence-electron chi connectivity index (χ4n) is 2.51. The van der Waals surface area contributed by atoms with Gasteiger partial charge in [0, 0.05) is 23.3 Å². The van der Waals surface area contributed by atoms with Gasteiger partial charge in [-0.2, -0.15) is 0 Å². The van der Waals surface area contributed by atoms with E-state index in [1.54, 1.807) is 12.1 Å². The first kappa shape index (κ1) is 14.9. The fraction of sp³-hybridized carbons (Fsp3) is 0.105. The van der Waals surface area contributed by atoms with Crippen LogP contribution in [-0.2, 0) is 0 Å². The average molecular weight is 306 g/mol. The van der Waals surface area contributed by atoms with Gasteiger partial charge in [0.05, 0.1) is 5.56 Å². The molecule has 0 atom stereocenters. The number of nitrogens with one attached hydrogen (secondary N) is 2. The SMILES string of the molecule is CCNc1ccc(NC(=O)c2ccc3ccccc3c2O)cc1. The number of carbonyl (C=O) groups excluding carboxylic acids is 1. The van der Waals surface area contributed by atoms with Gasteiger partial charge in [0.2, 0.25) is 0 Å². The zero-order chi connectivity index (χ0) is 16.2. The van der Waals surface area contributed by atoms with E-state index in [4.69, 9.17) is 0 Å². The van der Waals surface area contributed by atoms with E-state index in [-0.39, 0.29) is 17.2 Å². The van der Waals surface area contributed by atoms with Gasteiger partial charge >= 0.3 is 0 Å². The number of amides is 1. The highest BCUT2D eigenvalue weighted by atomic mass is 16.3. The molecule has 4 heteroatoms. The molecular formula is C19H18N2O2. The molecule has 0 heterocycles. The third-order valence-corrected chi connectivity index (χ3v) is 3.67. The van der Waals surface area contributed by atoms with Crippen LogP contribution in [0.3, 0.4) is 0 Å². The minimum absolute atomic E-state index is 0.00451. The summed E-state index contributed by atoms with van der Waals surface area (Å²) in [5.74, 6) is -0.325. The molecule has 0 aromatic heterocycles. The molecule has 3 aromatic rings. The number of phenolic OH excluding ortho intramolecular Hbond substituents is 1. The Bertz CT molecular complexity index is 842. The third-order valence-electron chi connectivity index (χ3n) is 3.67. The maximum absolute atomic E-state index is 12.4. The lowest BCUT2D eigenvalue weighted by Gasteiger charge is -2.10. The van der Waals surface area contributed by atoms with Crippen molar-refractivity contribution in [2.75, 3.05) is 17.2 Å². The number of carbonyl (C=O) groups is 1. The quantitative estimate of drug-likeness (QED) is 0.676. The Morgan fingerprint density at radius 3 is 2.39 bits per heavy atom. The summed E-state index contributed by atoms with van der Waals surface area (Å²) in [5.41, 5.74) is 1.95. The van der Waals surface area contributed by atoms with Crippen LogP contribution in [0.25, 0.3) is 10.8 Å². The predicted molar refractivity (Wildman–Crippen MR) is 94.2 cm³/mol. The fourth-order valence-corrected chi connectivity index (χ4v) is 2.51. The molecule has 0 saturated heterocycles. The molecule has 0 aliphatic rings. The number of fused-ring (bicyclic) bond motifs is 1. The van der Waals surface area contributed by atoms with E-state index >= 15 is 0 Å². The number of hydrogen-bond donors (Lipinski definition) is 3. The Balaban J connectivity index is 1.84. The van der Waals surface area contributed by atoms with Gasteiger partial charge in [0.15, 0.2) is 0 Å². The van der Waals surface area contributed by atoms with E-state index in [0.717, 1.165) is 17.6 Å². The first-order valence-electron chi connectivity index (χ1n) is 7.55. The van der Waals surface area contributed by atoms with E-state index in [2.05, 4.69) is 10.6 Å². The lowest BCUT2D eigenvalue weighted by Crippen LogP contribution is -2.12. The second-order valence-corrected chi connectivity index (χ2v) is 5.24. The van der Waals surface area contributed by atoms with Crippen LogP contribution in [-0.4, -0.2) is 17.6 Å². The molecule has 0 saturated carbocycles. The number of aromatic hydroxyl groups is 1. The van der Waals surface area contributed by atoms with Crippen LogP contribution in [0.15, 0.2) is 60.7 Å². The Morgan fingerprint density at radius 1 is 0.957 bits per heavy atom. The van der Waals surface area contributed by atoms with Gasteiger partial charge in [-0.15, -0.1) is 0 Å². The van der Waals surface area contributed by atoms with Crippen LogP contribution in [0.1, 0.15) is 17.3 Å². The second-order valence-electron chi connectivity index (χ2n) is 5.24. The summed E-state index contributed by atoms with van der Waals surface area (Å²) in [4.78, 5) is 12.4. The first-order chi connectivity index (χ1) is 11.2. The Labute approximate surface area is 134 Å². The maximum Gasteiger partial charge on any atom is 0.259 e. The lowest BCUT2D eigenvalue weighted by atomic mass is 10.0. The van der Waals surface area contributed by atoms with Gasteiger partial charge in [0.25, 0.3) is 5.91 Å². The summed E-state index contributed by atoms with van der Waals surface area (Å²) in [6.07, 6.45) is 0. The summed E-state index contributed by atoms with van der Waals surface area (Å²) in [6.45, 7) is 2.87. The van der Waals surface area contributed by atoms with Crippen LogP contribution < -0.4 is 10.6 Å². The smallest absolute Gasteiger partial charge is 0.259 e. The molecule has 3 N–H and O–H groups in total. The van der Waals surface area contributed by atoms with Crippen molar-refractivity contribution in [3.05, 3.63) is 66.2 Å². The summed E-state index contributed by atoms with van der Waals surface area (Å²) in [7, 11) is 0. The number of anilines is 2. The lowest BCUT2D eigenvalue weighted by molar-refractivity contribution is 0.102. The number of phenols is 1. The molecule has 3 aromatic carbocycles. The van der Waals surface area contributed by atoms with Crippen molar-refractivity contribution in [2.45, 2.75) is 6.92 Å². The summed E-state index contributed by atoms with van der Waals surface area (Å²) in [5, 5.41) is 17.9. The predicted octanol–water partition coefficient (Wildman–Crippen LogP) is 4.23. The summed E-state index contributed by atoms with van der Waals surface area (Å²) < 4.78 is 0. The van der Waals surface area contributed by atoms with Crippen molar-refractivity contribution in [1.82, 2.24) is 0 Å². The van der Waals surface area contributed by atoms with Crippen molar-refractivity contribution in [3.8, 4) is 5.75 Å². The van der Waals surface area contributed by atoms with E-state index in [1.165, 1.54) is 0 Å². The number of benzene rings is 3. The molecule has 116 valence electrons. The monoisotopic (exact) mass is 306 g/mol. The van der Waals surface area contributed by atoms with Gasteiger partial charge in [-0.05, 0) is 42.6 Å². The zero-order valence-corrected chi connectivity index (χ0v) is 12.8. The largest absolute Gasteiger partial charge is 0.506 e. The highest BCUT2D eigenvalue weighted by Gasteiger charge is 2.13. The highest BCUT2D eigenvalue weighted by molar-refractivity contribution is 6.09. The van der Waals surface area contributed by atoms with Crippen molar-refractivity contribution in [3.63, 3.8) is 0 Å². The summed E-state index contributed by atoms with van der Waals surface area (Å²) >= 11 is 0. The van der Waals surface area contributed by atoms with Crippen molar-refractivity contribution >= 4 is 28.1 Å². The van der Waals surface area contributed by atoms with Crippen LogP contribution in [0.5, 0.6) is 5.75 Å². The molecule has 3 rings (SSSR count). The maximum atomic E-state index is 12.4. The molecule has 0 aliphatic heterocycles. The minimum Gasteiger partial charge on any atom is -0.506 e. The van der Waals surface area contributed by atoms with Crippen LogP contribution in [0.4, 0.5) is 11.4 Å². The zero-order valence-electron chi connectivity index (χ0n) is 12.8. The van der Waals surface area contributed by atoms with Crippen molar-refractivity contribution < 1.29 is 9.90 Å². The second kappa shape index (κ2) is 6.40. The minimum atomic E-state index is -0.329. The van der Waals surface area contributed by atoms with Crippen LogP contribution in [0.2, 0.25) is 0 Å². The van der Waals surface area contributed by atoms with E-state index in [1.807, 2.05) is 55.5 Å². The first-order valence-corrected chi connectivity index (χ1v) is 7.55. The average Bonchev–Trinajstić information content (AvgIpc) is 2.57. The molecule has 4 nitrogen and oxygen atoms in total. The molecule has 0 spiro atoms. The van der Waals surface area contributed by atoms with Crippen LogP contribution >= 0.6 is 0 Å². The Kier molecular flexibility index (Phi) is 4.15. The normalized spacial score (nSPS) is 10.5. The molecule has 23 heavy (non-hydrogen) atoms. The van der Waals surface area contributed by atoms with E-state index < -0.39 is 0 Å². The molecule has 0 fully saturated rings. The van der Waals surface area contributed by atoms with E-state index in [0.29, 0.717) is 11.1 Å². The van der Waals surface area contributed by atoms with Crippen LogP contribution in [0, 0.1) is 0 Å². The van der Waals surface area contributed by atoms with Gasteiger partial charge in [-0.25, -0.2) is 0 Å². The molecule has 1 amide bonds. The van der Waals surface area contributed by atoms with E-state index in [9.17, 15) is 9.90 Å². The Morgan fingerprint density at radius 2 is 1.65 bits per heavy atom. The third kappa shape index (κ3) is 3.11. The van der Waals surface area contributed by atoms with Gasteiger partial charge in [-0.3, -0.25) is 4.79 Å². The molecule has 0 radical (unpaired) electrons. The topological polar surface area (TPSA) is 61.4 Å². The Hall–Kier alpha value is -3.01. The highest BCUT2D eigenvalue weighted by Crippen LogP contribution is 2.29. The molecular weight excluding hydrogens is 288 g/mol.